The zero-order chi connectivity index (χ0) is 21.1. The van der Waals surface area contributed by atoms with E-state index < -0.39 is 0 Å². The third-order valence-corrected chi connectivity index (χ3v) is 5.39. The molecule has 2 aromatic carbocycles. The van der Waals surface area contributed by atoms with Crippen LogP contribution in [0.2, 0.25) is 5.02 Å². The number of amides is 2. The van der Waals surface area contributed by atoms with Crippen LogP contribution in [0.25, 0.3) is 11.0 Å². The molecule has 156 valence electrons. The van der Waals surface area contributed by atoms with E-state index in [-0.39, 0.29) is 18.4 Å². The van der Waals surface area contributed by atoms with Crippen molar-refractivity contribution in [2.75, 3.05) is 45.2 Å². The summed E-state index contributed by atoms with van der Waals surface area (Å²) in [4.78, 5) is 28.9. The maximum Gasteiger partial charge on any atom is 0.289 e. The Hall–Kier alpha value is -3.03. The Balaban J connectivity index is 1.29. The number of carbonyl (C=O) groups is 2. The summed E-state index contributed by atoms with van der Waals surface area (Å²) in [6, 6.07) is 14.4. The number of rotatable bonds is 5. The monoisotopic (exact) mass is 427 g/mol. The Morgan fingerprint density at radius 2 is 1.87 bits per heavy atom. The molecule has 0 spiro atoms. The number of anilines is 1. The number of ether oxygens (including phenoxy) is 1. The van der Waals surface area contributed by atoms with E-state index in [1.807, 2.05) is 29.2 Å². The summed E-state index contributed by atoms with van der Waals surface area (Å²) >= 11 is 6.10. The number of fused-ring (bicyclic) bond motifs is 1. The summed E-state index contributed by atoms with van der Waals surface area (Å²) in [5.41, 5.74) is 1.32. The minimum Gasteiger partial charge on any atom is -0.495 e. The first-order valence-electron chi connectivity index (χ1n) is 9.67. The highest BCUT2D eigenvalue weighted by atomic mass is 35.5. The standard InChI is InChI=1S/C22H22ClN3O4/c1-29-19-7-6-16(13-17(19)23)24-21(27)14-25-8-10-26(11-9-25)22(28)20-12-15-4-2-3-5-18(15)30-20/h2-7,12-13H,8-11,14H2,1H3,(H,24,27). The fourth-order valence-corrected chi connectivity index (χ4v) is 3.76. The van der Waals surface area contributed by atoms with Crippen LogP contribution < -0.4 is 10.1 Å². The van der Waals surface area contributed by atoms with Gasteiger partial charge in [-0.05, 0) is 30.3 Å². The van der Waals surface area contributed by atoms with Crippen LogP contribution in [0.15, 0.2) is 52.9 Å². The molecule has 3 aromatic rings. The van der Waals surface area contributed by atoms with Crippen molar-refractivity contribution < 1.29 is 18.7 Å². The number of carbonyl (C=O) groups excluding carboxylic acids is 2. The van der Waals surface area contributed by atoms with E-state index in [4.69, 9.17) is 20.8 Å². The summed E-state index contributed by atoms with van der Waals surface area (Å²) in [7, 11) is 1.54. The molecule has 1 aliphatic rings. The molecule has 2 heterocycles. The zero-order valence-corrected chi connectivity index (χ0v) is 17.3. The first kappa shape index (κ1) is 20.3. The fraction of sp³-hybridized carbons (Fsp3) is 0.273. The van der Waals surface area contributed by atoms with Crippen LogP contribution >= 0.6 is 11.6 Å². The van der Waals surface area contributed by atoms with E-state index in [0.717, 1.165) is 5.39 Å². The topological polar surface area (TPSA) is 75.0 Å². The molecule has 2 amide bonds. The molecule has 0 aliphatic carbocycles. The van der Waals surface area contributed by atoms with Crippen molar-refractivity contribution in [2.45, 2.75) is 0 Å². The lowest BCUT2D eigenvalue weighted by Gasteiger charge is -2.33. The number of piperazine rings is 1. The summed E-state index contributed by atoms with van der Waals surface area (Å²) in [5, 5.41) is 4.19. The fourth-order valence-electron chi connectivity index (χ4n) is 3.50. The molecule has 8 heteroatoms. The van der Waals surface area contributed by atoms with Crippen molar-refractivity contribution in [3.8, 4) is 5.75 Å². The first-order chi connectivity index (χ1) is 14.5. The molecule has 1 N–H and O–H groups in total. The smallest absolute Gasteiger partial charge is 0.289 e. The van der Waals surface area contributed by atoms with Crippen molar-refractivity contribution in [2.24, 2.45) is 0 Å². The predicted octanol–water partition coefficient (Wildman–Crippen LogP) is 3.49. The van der Waals surface area contributed by atoms with Crippen LogP contribution in [0.4, 0.5) is 5.69 Å². The van der Waals surface area contributed by atoms with Gasteiger partial charge in [-0.1, -0.05) is 29.8 Å². The van der Waals surface area contributed by atoms with Crippen molar-refractivity contribution in [1.82, 2.24) is 9.80 Å². The van der Waals surface area contributed by atoms with Crippen LogP contribution in [0.3, 0.4) is 0 Å². The van der Waals surface area contributed by atoms with Gasteiger partial charge in [0, 0.05) is 37.3 Å². The van der Waals surface area contributed by atoms with E-state index in [2.05, 4.69) is 5.32 Å². The second-order valence-electron chi connectivity index (χ2n) is 7.11. The number of hydrogen-bond donors (Lipinski definition) is 1. The Kier molecular flexibility index (Phi) is 5.92. The summed E-state index contributed by atoms with van der Waals surface area (Å²) in [5.74, 6) is 0.648. The SMILES string of the molecule is COc1ccc(NC(=O)CN2CCN(C(=O)c3cc4ccccc4o3)CC2)cc1Cl. The minimum absolute atomic E-state index is 0.122. The van der Waals surface area contributed by atoms with Gasteiger partial charge in [-0.3, -0.25) is 14.5 Å². The van der Waals surface area contributed by atoms with Gasteiger partial charge < -0.3 is 19.4 Å². The second kappa shape index (κ2) is 8.77. The van der Waals surface area contributed by atoms with Crippen LogP contribution in [0, 0.1) is 0 Å². The van der Waals surface area contributed by atoms with Crippen LogP contribution in [0.5, 0.6) is 5.75 Å². The van der Waals surface area contributed by atoms with Crippen molar-refractivity contribution in [1.29, 1.82) is 0 Å². The Morgan fingerprint density at radius 3 is 2.57 bits per heavy atom. The van der Waals surface area contributed by atoms with Gasteiger partial charge in [-0.2, -0.15) is 0 Å². The lowest BCUT2D eigenvalue weighted by Crippen LogP contribution is -2.50. The molecule has 0 saturated carbocycles. The molecule has 4 rings (SSSR count). The highest BCUT2D eigenvalue weighted by molar-refractivity contribution is 6.32. The minimum atomic E-state index is -0.131. The number of nitrogens with zero attached hydrogens (tertiary/aromatic N) is 2. The molecule has 1 saturated heterocycles. The van der Waals surface area contributed by atoms with Gasteiger partial charge in [0.1, 0.15) is 11.3 Å². The number of halogens is 1. The van der Waals surface area contributed by atoms with Gasteiger partial charge in [-0.25, -0.2) is 0 Å². The lowest BCUT2D eigenvalue weighted by atomic mass is 10.2. The molecule has 0 bridgehead atoms. The number of methoxy groups -OCH3 is 1. The normalized spacial score (nSPS) is 14.7. The number of benzene rings is 2. The Labute approximate surface area is 179 Å². The van der Waals surface area contributed by atoms with Crippen LogP contribution in [0.1, 0.15) is 10.6 Å². The largest absolute Gasteiger partial charge is 0.495 e. The summed E-state index contributed by atoms with van der Waals surface area (Å²) in [6.07, 6.45) is 0. The maximum absolute atomic E-state index is 12.7. The average Bonchev–Trinajstić information content (AvgIpc) is 3.18. The van der Waals surface area contributed by atoms with Gasteiger partial charge in [0.25, 0.3) is 5.91 Å². The number of furan rings is 1. The van der Waals surface area contributed by atoms with Gasteiger partial charge in [0.2, 0.25) is 5.91 Å². The van der Waals surface area contributed by atoms with Crippen LogP contribution in [-0.4, -0.2) is 61.4 Å². The van der Waals surface area contributed by atoms with E-state index in [9.17, 15) is 9.59 Å². The highest BCUT2D eigenvalue weighted by Crippen LogP contribution is 2.27. The van der Waals surface area contributed by atoms with Crippen LogP contribution in [-0.2, 0) is 4.79 Å². The molecular formula is C22H22ClN3O4. The lowest BCUT2D eigenvalue weighted by molar-refractivity contribution is -0.117. The van der Waals surface area contributed by atoms with Crippen molar-refractivity contribution in [3.05, 3.63) is 59.3 Å². The molecule has 0 atom stereocenters. The molecule has 1 aliphatic heterocycles. The van der Waals surface area contributed by atoms with Crippen molar-refractivity contribution in [3.63, 3.8) is 0 Å². The van der Waals surface area contributed by atoms with E-state index >= 15 is 0 Å². The van der Waals surface area contributed by atoms with E-state index in [1.54, 1.807) is 29.2 Å². The second-order valence-corrected chi connectivity index (χ2v) is 7.52. The average molecular weight is 428 g/mol. The number of para-hydroxylation sites is 1. The summed E-state index contributed by atoms with van der Waals surface area (Å²) < 4.78 is 10.8. The number of nitrogens with one attached hydrogen (secondary N) is 1. The Bertz CT molecular complexity index is 1040. The first-order valence-corrected chi connectivity index (χ1v) is 10.0. The molecule has 0 unspecified atom stereocenters. The van der Waals surface area contributed by atoms with Gasteiger partial charge in [-0.15, -0.1) is 0 Å². The van der Waals surface area contributed by atoms with Gasteiger partial charge in [0.15, 0.2) is 5.76 Å². The molecule has 1 fully saturated rings. The molecule has 30 heavy (non-hydrogen) atoms. The predicted molar refractivity (Wildman–Crippen MR) is 115 cm³/mol. The molecule has 7 nitrogen and oxygen atoms in total. The maximum atomic E-state index is 12.7. The van der Waals surface area contributed by atoms with E-state index in [1.165, 1.54) is 7.11 Å². The zero-order valence-electron chi connectivity index (χ0n) is 16.6. The number of hydrogen-bond acceptors (Lipinski definition) is 5. The molecule has 0 radical (unpaired) electrons. The molecule has 1 aromatic heterocycles. The third kappa shape index (κ3) is 4.42. The highest BCUT2D eigenvalue weighted by Gasteiger charge is 2.25. The van der Waals surface area contributed by atoms with E-state index in [0.29, 0.717) is 54.0 Å². The van der Waals surface area contributed by atoms with Gasteiger partial charge in [0.05, 0.1) is 18.7 Å². The Morgan fingerprint density at radius 1 is 1.10 bits per heavy atom. The summed E-state index contributed by atoms with van der Waals surface area (Å²) in [6.45, 7) is 2.55. The van der Waals surface area contributed by atoms with Crippen molar-refractivity contribution >= 4 is 40.1 Å². The molecular weight excluding hydrogens is 406 g/mol. The van der Waals surface area contributed by atoms with Gasteiger partial charge >= 0.3 is 0 Å². The third-order valence-electron chi connectivity index (χ3n) is 5.10. The quantitative estimate of drug-likeness (QED) is 0.674.